The molecular formula is C25H23N3O6S. The summed E-state index contributed by atoms with van der Waals surface area (Å²) in [5.74, 6) is -0.0113. The number of ether oxygens (including phenoxy) is 2. The minimum absolute atomic E-state index is 0.0736. The number of benzene rings is 2. The van der Waals surface area contributed by atoms with Gasteiger partial charge in [-0.05, 0) is 38.5 Å². The van der Waals surface area contributed by atoms with E-state index in [1.54, 1.807) is 38.1 Å². The zero-order valence-electron chi connectivity index (χ0n) is 19.4. The number of non-ortho nitro benzene ring substituents is 1. The highest BCUT2D eigenvalue weighted by Gasteiger charge is 2.35. The summed E-state index contributed by atoms with van der Waals surface area (Å²) in [7, 11) is 0. The van der Waals surface area contributed by atoms with Crippen molar-refractivity contribution < 1.29 is 19.2 Å². The molecule has 0 spiro atoms. The molecule has 2 aromatic carbocycles. The van der Waals surface area contributed by atoms with Crippen LogP contribution in [0, 0.1) is 10.1 Å². The molecule has 0 unspecified atom stereocenters. The van der Waals surface area contributed by atoms with Gasteiger partial charge in [-0.15, -0.1) is 0 Å². The molecule has 0 N–H and O–H groups in total. The first-order valence-electron chi connectivity index (χ1n) is 11.0. The van der Waals surface area contributed by atoms with Gasteiger partial charge in [0.1, 0.15) is 11.8 Å². The second kappa shape index (κ2) is 10.1. The largest absolute Gasteiger partial charge is 0.494 e. The Bertz CT molecular complexity index is 1520. The van der Waals surface area contributed by atoms with Gasteiger partial charge in [0.05, 0.1) is 33.9 Å². The van der Waals surface area contributed by atoms with Crippen molar-refractivity contribution in [3.05, 3.63) is 101 Å². The second-order valence-corrected chi connectivity index (χ2v) is 8.63. The molecule has 4 rings (SSSR count). The molecule has 35 heavy (non-hydrogen) atoms. The molecule has 0 saturated carbocycles. The Kier molecular flexibility index (Phi) is 6.92. The van der Waals surface area contributed by atoms with Crippen LogP contribution in [0.4, 0.5) is 5.69 Å². The third-order valence-corrected chi connectivity index (χ3v) is 6.39. The summed E-state index contributed by atoms with van der Waals surface area (Å²) in [4.78, 5) is 42.3. The SMILES string of the molecule is CCOC(=O)C1=C(C)N=c2s/c(=C\c3cccc([N+](=O)[O-])c3)c(=O)n2[C@@H]1c1ccccc1OCC. The summed E-state index contributed by atoms with van der Waals surface area (Å²) in [5.41, 5.74) is 1.41. The van der Waals surface area contributed by atoms with Crippen LogP contribution in [-0.4, -0.2) is 28.7 Å². The van der Waals surface area contributed by atoms with E-state index in [-0.39, 0.29) is 23.4 Å². The fourth-order valence-corrected chi connectivity index (χ4v) is 5.01. The van der Waals surface area contributed by atoms with E-state index in [2.05, 4.69) is 4.99 Å². The van der Waals surface area contributed by atoms with Crippen molar-refractivity contribution in [2.75, 3.05) is 13.2 Å². The number of hydrogen-bond donors (Lipinski definition) is 0. The molecule has 180 valence electrons. The third kappa shape index (κ3) is 4.65. The number of nitrogens with zero attached hydrogens (tertiary/aromatic N) is 3. The number of hydrogen-bond acceptors (Lipinski definition) is 8. The average molecular weight is 494 g/mol. The Morgan fingerprint density at radius 2 is 1.97 bits per heavy atom. The lowest BCUT2D eigenvalue weighted by Crippen LogP contribution is -2.40. The third-order valence-electron chi connectivity index (χ3n) is 5.41. The summed E-state index contributed by atoms with van der Waals surface area (Å²) >= 11 is 1.15. The van der Waals surface area contributed by atoms with Gasteiger partial charge < -0.3 is 9.47 Å². The van der Waals surface area contributed by atoms with Crippen molar-refractivity contribution in [3.63, 3.8) is 0 Å². The number of allylic oxidation sites excluding steroid dienone is 1. The highest BCUT2D eigenvalue weighted by Crippen LogP contribution is 2.35. The summed E-state index contributed by atoms with van der Waals surface area (Å²) < 4.78 is 12.9. The molecule has 1 aliphatic heterocycles. The van der Waals surface area contributed by atoms with Crippen LogP contribution in [0.1, 0.15) is 37.9 Å². The van der Waals surface area contributed by atoms with Gasteiger partial charge in [-0.2, -0.15) is 0 Å². The number of fused-ring (bicyclic) bond motifs is 1. The summed E-state index contributed by atoms with van der Waals surface area (Å²) in [5, 5.41) is 11.2. The monoisotopic (exact) mass is 493 g/mol. The lowest BCUT2D eigenvalue weighted by molar-refractivity contribution is -0.384. The van der Waals surface area contributed by atoms with Gasteiger partial charge in [0.2, 0.25) is 0 Å². The highest BCUT2D eigenvalue weighted by molar-refractivity contribution is 7.07. The molecule has 2 heterocycles. The molecule has 0 fully saturated rings. The summed E-state index contributed by atoms with van der Waals surface area (Å²) in [6, 6.07) is 12.5. The molecule has 0 radical (unpaired) electrons. The molecule has 1 aliphatic rings. The van der Waals surface area contributed by atoms with Gasteiger partial charge in [-0.3, -0.25) is 19.5 Å². The van der Waals surface area contributed by atoms with E-state index >= 15 is 0 Å². The van der Waals surface area contributed by atoms with Gasteiger partial charge in [0, 0.05) is 17.7 Å². The molecule has 10 heteroatoms. The Labute approximate surface area is 204 Å². The summed E-state index contributed by atoms with van der Waals surface area (Å²) in [6.07, 6.45) is 1.59. The molecule has 3 aromatic rings. The zero-order valence-corrected chi connectivity index (χ0v) is 20.2. The minimum atomic E-state index is -0.805. The van der Waals surface area contributed by atoms with Crippen molar-refractivity contribution in [2.45, 2.75) is 26.8 Å². The maximum Gasteiger partial charge on any atom is 0.338 e. The van der Waals surface area contributed by atoms with Crippen LogP contribution in [0.3, 0.4) is 0 Å². The van der Waals surface area contributed by atoms with E-state index in [1.807, 2.05) is 25.1 Å². The van der Waals surface area contributed by atoms with Crippen LogP contribution in [-0.2, 0) is 9.53 Å². The normalized spacial score (nSPS) is 15.4. The average Bonchev–Trinajstić information content (AvgIpc) is 3.13. The second-order valence-electron chi connectivity index (χ2n) is 7.63. The maximum absolute atomic E-state index is 13.7. The van der Waals surface area contributed by atoms with Crippen LogP contribution >= 0.6 is 11.3 Å². The molecule has 1 aromatic heterocycles. The quantitative estimate of drug-likeness (QED) is 0.284. The first kappa shape index (κ1) is 24.1. The topological polar surface area (TPSA) is 113 Å². The Morgan fingerprint density at radius 3 is 2.69 bits per heavy atom. The molecular weight excluding hydrogens is 470 g/mol. The summed E-state index contributed by atoms with van der Waals surface area (Å²) in [6.45, 7) is 5.86. The predicted octanol–water partition coefficient (Wildman–Crippen LogP) is 3.11. The van der Waals surface area contributed by atoms with Crippen LogP contribution < -0.4 is 19.6 Å². The number of aromatic nitrogens is 1. The molecule has 0 amide bonds. The zero-order chi connectivity index (χ0) is 25.1. The lowest BCUT2D eigenvalue weighted by atomic mass is 9.95. The number of esters is 1. The van der Waals surface area contributed by atoms with Gasteiger partial charge in [-0.1, -0.05) is 41.7 Å². The Balaban J connectivity index is 1.97. The molecule has 1 atom stereocenters. The number of carbonyl (C=O) groups excluding carboxylic acids is 1. The highest BCUT2D eigenvalue weighted by atomic mass is 32.1. The van der Waals surface area contributed by atoms with Crippen molar-refractivity contribution in [1.29, 1.82) is 0 Å². The van der Waals surface area contributed by atoms with E-state index in [1.165, 1.54) is 16.7 Å². The number of para-hydroxylation sites is 1. The number of carbonyl (C=O) groups is 1. The van der Waals surface area contributed by atoms with Gasteiger partial charge in [0.15, 0.2) is 4.80 Å². The van der Waals surface area contributed by atoms with Gasteiger partial charge in [0.25, 0.3) is 11.2 Å². The van der Waals surface area contributed by atoms with E-state index in [4.69, 9.17) is 9.47 Å². The van der Waals surface area contributed by atoms with Crippen molar-refractivity contribution in [3.8, 4) is 5.75 Å². The molecule has 0 bridgehead atoms. The standard InChI is InChI=1S/C25H23N3O6S/c1-4-33-19-12-7-6-11-18(19)22-21(24(30)34-5-2)15(3)26-25-27(22)23(29)20(35-25)14-16-9-8-10-17(13-16)28(31)32/h6-14,22H,4-5H2,1-3H3/b20-14-/t22-/m1/s1. The minimum Gasteiger partial charge on any atom is -0.494 e. The van der Waals surface area contributed by atoms with Crippen molar-refractivity contribution >= 4 is 29.1 Å². The fraction of sp³-hybridized carbons (Fsp3) is 0.240. The van der Waals surface area contributed by atoms with E-state index < -0.39 is 16.9 Å². The molecule has 0 saturated heterocycles. The predicted molar refractivity (Wildman–Crippen MR) is 131 cm³/mol. The number of nitro groups is 1. The maximum atomic E-state index is 13.7. The fourth-order valence-electron chi connectivity index (χ4n) is 3.96. The lowest BCUT2D eigenvalue weighted by Gasteiger charge is -2.26. The molecule has 0 aliphatic carbocycles. The Morgan fingerprint density at radius 1 is 1.20 bits per heavy atom. The van der Waals surface area contributed by atoms with Crippen molar-refractivity contribution in [1.82, 2.24) is 4.57 Å². The van der Waals surface area contributed by atoms with Crippen molar-refractivity contribution in [2.24, 2.45) is 4.99 Å². The molecule has 9 nitrogen and oxygen atoms in total. The smallest absolute Gasteiger partial charge is 0.338 e. The number of thiazole rings is 1. The van der Waals surface area contributed by atoms with E-state index in [0.717, 1.165) is 11.3 Å². The number of nitro benzene ring substituents is 1. The first-order valence-corrected chi connectivity index (χ1v) is 11.8. The van der Waals surface area contributed by atoms with Crippen LogP contribution in [0.15, 0.2) is 69.6 Å². The van der Waals surface area contributed by atoms with E-state index in [9.17, 15) is 19.7 Å². The van der Waals surface area contributed by atoms with E-state index in [0.29, 0.717) is 38.5 Å². The van der Waals surface area contributed by atoms with Crippen LogP contribution in [0.2, 0.25) is 0 Å². The van der Waals surface area contributed by atoms with Crippen LogP contribution in [0.25, 0.3) is 6.08 Å². The Hall–Kier alpha value is -4.05. The number of rotatable bonds is 7. The first-order chi connectivity index (χ1) is 16.8. The van der Waals surface area contributed by atoms with Gasteiger partial charge in [-0.25, -0.2) is 9.79 Å². The van der Waals surface area contributed by atoms with Gasteiger partial charge >= 0.3 is 5.97 Å². The van der Waals surface area contributed by atoms with Crippen LogP contribution in [0.5, 0.6) is 5.75 Å².